The van der Waals surface area contributed by atoms with Crippen molar-refractivity contribution in [3.05, 3.63) is 33.8 Å². The van der Waals surface area contributed by atoms with E-state index < -0.39 is 5.97 Å². The highest BCUT2D eigenvalue weighted by atomic mass is 35.5. The molecule has 2 rings (SSSR count). The molecule has 0 radical (unpaired) electrons. The van der Waals surface area contributed by atoms with Crippen molar-refractivity contribution in [1.82, 2.24) is 4.90 Å². The van der Waals surface area contributed by atoms with Crippen LogP contribution in [0.25, 0.3) is 0 Å². The molecule has 0 saturated carbocycles. The van der Waals surface area contributed by atoms with Gasteiger partial charge in [-0.15, -0.1) is 0 Å². The fourth-order valence-corrected chi connectivity index (χ4v) is 2.60. The number of likely N-dealkylation sites (tertiary alicyclic amines) is 1. The minimum atomic E-state index is -0.724. The molecule has 17 heavy (non-hydrogen) atoms. The number of hydrogen-bond acceptors (Lipinski definition) is 2. The molecule has 1 aromatic rings. The van der Waals surface area contributed by atoms with Crippen molar-refractivity contribution in [3.8, 4) is 0 Å². The van der Waals surface area contributed by atoms with Gasteiger partial charge in [-0.25, -0.2) is 0 Å². The van der Waals surface area contributed by atoms with Crippen molar-refractivity contribution in [2.24, 2.45) is 5.92 Å². The summed E-state index contributed by atoms with van der Waals surface area (Å²) in [6, 6.07) is 5.40. The molecule has 1 aliphatic heterocycles. The van der Waals surface area contributed by atoms with Gasteiger partial charge in [-0.05, 0) is 25.1 Å². The van der Waals surface area contributed by atoms with Crippen LogP contribution in [0.4, 0.5) is 0 Å². The van der Waals surface area contributed by atoms with E-state index in [1.54, 1.807) is 18.2 Å². The number of rotatable bonds is 3. The maximum absolute atomic E-state index is 10.9. The molecule has 1 fully saturated rings. The van der Waals surface area contributed by atoms with Gasteiger partial charge in [0.15, 0.2) is 0 Å². The van der Waals surface area contributed by atoms with Gasteiger partial charge in [-0.2, -0.15) is 0 Å². The van der Waals surface area contributed by atoms with E-state index >= 15 is 0 Å². The van der Waals surface area contributed by atoms with Gasteiger partial charge in [0.1, 0.15) is 0 Å². The maximum Gasteiger partial charge on any atom is 0.307 e. The van der Waals surface area contributed by atoms with Crippen LogP contribution in [0.15, 0.2) is 18.2 Å². The van der Waals surface area contributed by atoms with Crippen molar-refractivity contribution in [2.75, 3.05) is 13.1 Å². The maximum atomic E-state index is 10.9. The highest BCUT2D eigenvalue weighted by Gasteiger charge is 2.28. The highest BCUT2D eigenvalue weighted by Crippen LogP contribution is 2.27. The SMILES string of the molecule is O=C(O)C1CCN(Cc2c(Cl)cccc2Cl)C1. The molecule has 1 aromatic carbocycles. The molecule has 1 atom stereocenters. The molecular formula is C12H13Cl2NO2. The third-order valence-electron chi connectivity index (χ3n) is 3.07. The van der Waals surface area contributed by atoms with Crippen LogP contribution in [-0.4, -0.2) is 29.1 Å². The first kappa shape index (κ1) is 12.7. The van der Waals surface area contributed by atoms with Crippen molar-refractivity contribution >= 4 is 29.2 Å². The molecule has 0 amide bonds. The lowest BCUT2D eigenvalue weighted by atomic mass is 10.1. The Bertz CT molecular complexity index is 416. The van der Waals surface area contributed by atoms with Crippen LogP contribution >= 0.6 is 23.2 Å². The molecule has 1 saturated heterocycles. The third kappa shape index (κ3) is 2.92. The van der Waals surface area contributed by atoms with Gasteiger partial charge in [0.05, 0.1) is 5.92 Å². The van der Waals surface area contributed by atoms with Gasteiger partial charge >= 0.3 is 5.97 Å². The monoisotopic (exact) mass is 273 g/mol. The van der Waals surface area contributed by atoms with Crippen LogP contribution in [0.5, 0.6) is 0 Å². The zero-order valence-corrected chi connectivity index (χ0v) is 10.7. The molecule has 92 valence electrons. The zero-order chi connectivity index (χ0) is 12.4. The van der Waals surface area contributed by atoms with Crippen molar-refractivity contribution in [1.29, 1.82) is 0 Å². The summed E-state index contributed by atoms with van der Waals surface area (Å²) in [6.07, 6.45) is 0.692. The van der Waals surface area contributed by atoms with Gasteiger partial charge in [-0.3, -0.25) is 9.69 Å². The molecule has 1 unspecified atom stereocenters. The molecule has 1 N–H and O–H groups in total. The zero-order valence-electron chi connectivity index (χ0n) is 9.20. The summed E-state index contributed by atoms with van der Waals surface area (Å²) in [4.78, 5) is 12.9. The van der Waals surface area contributed by atoms with E-state index in [4.69, 9.17) is 28.3 Å². The lowest BCUT2D eigenvalue weighted by Crippen LogP contribution is -2.23. The van der Waals surface area contributed by atoms with E-state index in [1.807, 2.05) is 0 Å². The Morgan fingerprint density at radius 2 is 2.06 bits per heavy atom. The predicted molar refractivity (Wildman–Crippen MR) is 67.5 cm³/mol. The van der Waals surface area contributed by atoms with E-state index in [0.29, 0.717) is 29.6 Å². The third-order valence-corrected chi connectivity index (χ3v) is 3.77. The molecule has 0 bridgehead atoms. The smallest absolute Gasteiger partial charge is 0.307 e. The lowest BCUT2D eigenvalue weighted by Gasteiger charge is -2.17. The van der Waals surface area contributed by atoms with Crippen LogP contribution < -0.4 is 0 Å². The second kappa shape index (κ2) is 5.25. The summed E-state index contributed by atoms with van der Waals surface area (Å²) in [5.74, 6) is -0.992. The Morgan fingerprint density at radius 1 is 1.41 bits per heavy atom. The van der Waals surface area contributed by atoms with Gasteiger partial charge in [0.2, 0.25) is 0 Å². The molecule has 0 aliphatic carbocycles. The number of nitrogens with zero attached hydrogens (tertiary/aromatic N) is 1. The summed E-state index contributed by atoms with van der Waals surface area (Å²) >= 11 is 12.2. The fraction of sp³-hybridized carbons (Fsp3) is 0.417. The van der Waals surface area contributed by atoms with Gasteiger partial charge in [0, 0.05) is 28.7 Å². The minimum Gasteiger partial charge on any atom is -0.481 e. The minimum absolute atomic E-state index is 0.267. The van der Waals surface area contributed by atoms with Gasteiger partial charge < -0.3 is 5.11 Å². The summed E-state index contributed by atoms with van der Waals surface area (Å²) in [5.41, 5.74) is 0.877. The molecule has 0 aromatic heterocycles. The second-order valence-electron chi connectivity index (χ2n) is 4.26. The Morgan fingerprint density at radius 3 is 2.59 bits per heavy atom. The topological polar surface area (TPSA) is 40.5 Å². The summed E-state index contributed by atoms with van der Waals surface area (Å²) in [6.45, 7) is 1.96. The highest BCUT2D eigenvalue weighted by molar-refractivity contribution is 6.35. The molecule has 1 heterocycles. The Balaban J connectivity index is 2.05. The van der Waals surface area contributed by atoms with E-state index in [2.05, 4.69) is 4.90 Å². The number of carboxylic acid groups (broad SMARTS) is 1. The van der Waals surface area contributed by atoms with Crippen LogP contribution in [0.2, 0.25) is 10.0 Å². The molecule has 0 spiro atoms. The quantitative estimate of drug-likeness (QED) is 0.921. The Labute approximate surface area is 110 Å². The first-order chi connectivity index (χ1) is 8.08. The summed E-state index contributed by atoms with van der Waals surface area (Å²) in [5, 5.41) is 10.2. The predicted octanol–water partition coefficient (Wildman–Crippen LogP) is 2.90. The normalized spacial score (nSPS) is 20.7. The Hall–Kier alpha value is -0.770. The van der Waals surface area contributed by atoms with Crippen LogP contribution in [0.3, 0.4) is 0 Å². The molecule has 1 aliphatic rings. The number of carboxylic acids is 1. The largest absolute Gasteiger partial charge is 0.481 e. The lowest BCUT2D eigenvalue weighted by molar-refractivity contribution is -0.141. The van der Waals surface area contributed by atoms with E-state index in [-0.39, 0.29) is 5.92 Å². The van der Waals surface area contributed by atoms with Gasteiger partial charge in [0.25, 0.3) is 0 Å². The van der Waals surface area contributed by atoms with Crippen LogP contribution in [0.1, 0.15) is 12.0 Å². The molecular weight excluding hydrogens is 261 g/mol. The number of benzene rings is 1. The standard InChI is InChI=1S/C12H13Cl2NO2/c13-10-2-1-3-11(14)9(10)7-15-5-4-8(6-15)12(16)17/h1-3,8H,4-7H2,(H,16,17). The van der Waals surface area contributed by atoms with Gasteiger partial charge in [-0.1, -0.05) is 29.3 Å². The number of aliphatic carboxylic acids is 1. The molecule has 3 nitrogen and oxygen atoms in total. The molecule has 5 heteroatoms. The first-order valence-electron chi connectivity index (χ1n) is 5.46. The Kier molecular flexibility index (Phi) is 3.92. The summed E-state index contributed by atoms with van der Waals surface area (Å²) in [7, 11) is 0. The van der Waals surface area contributed by atoms with E-state index in [1.165, 1.54) is 0 Å². The number of hydrogen-bond donors (Lipinski definition) is 1. The van der Waals surface area contributed by atoms with Crippen molar-refractivity contribution in [3.63, 3.8) is 0 Å². The van der Waals surface area contributed by atoms with E-state index in [9.17, 15) is 4.79 Å². The first-order valence-corrected chi connectivity index (χ1v) is 6.21. The van der Waals surface area contributed by atoms with E-state index in [0.717, 1.165) is 12.1 Å². The average molecular weight is 274 g/mol. The summed E-state index contributed by atoms with van der Waals surface area (Å²) < 4.78 is 0. The van der Waals surface area contributed by atoms with Crippen molar-refractivity contribution in [2.45, 2.75) is 13.0 Å². The van der Waals surface area contributed by atoms with Crippen molar-refractivity contribution < 1.29 is 9.90 Å². The van der Waals surface area contributed by atoms with Crippen LogP contribution in [0, 0.1) is 5.92 Å². The van der Waals surface area contributed by atoms with Crippen LogP contribution in [-0.2, 0) is 11.3 Å². The fourth-order valence-electron chi connectivity index (χ4n) is 2.08. The number of carbonyl (C=O) groups is 1. The second-order valence-corrected chi connectivity index (χ2v) is 5.07. The average Bonchev–Trinajstić information content (AvgIpc) is 2.72. The number of halogens is 2.